The van der Waals surface area contributed by atoms with Gasteiger partial charge in [-0.2, -0.15) is 13.2 Å². The average Bonchev–Trinajstić information content (AvgIpc) is 3.81. The van der Waals surface area contributed by atoms with Gasteiger partial charge in [0, 0.05) is 17.5 Å². The molecule has 2 aromatic carbocycles. The highest BCUT2D eigenvalue weighted by atomic mass is 35.5. The summed E-state index contributed by atoms with van der Waals surface area (Å²) in [6.45, 7) is -0.0774. The molecule has 6 rings (SSSR count). The van der Waals surface area contributed by atoms with Gasteiger partial charge in [-0.25, -0.2) is 4.98 Å². The molecule has 2 aliphatic carbocycles. The predicted octanol–water partition coefficient (Wildman–Crippen LogP) is 8.79. The molecule has 2 atom stereocenters. The van der Waals surface area contributed by atoms with E-state index in [0.29, 0.717) is 39.0 Å². The lowest BCUT2D eigenvalue weighted by atomic mass is 10.0. The Hall–Kier alpha value is -3.03. The van der Waals surface area contributed by atoms with Crippen molar-refractivity contribution in [3.63, 3.8) is 0 Å². The van der Waals surface area contributed by atoms with Gasteiger partial charge < -0.3 is 9.26 Å². The van der Waals surface area contributed by atoms with Crippen LogP contribution in [0.5, 0.6) is 5.88 Å². The van der Waals surface area contributed by atoms with Gasteiger partial charge in [-0.1, -0.05) is 70.8 Å². The Morgan fingerprint density at radius 1 is 0.919 bits per heavy atom. The highest BCUT2D eigenvalue weighted by Crippen LogP contribution is 2.56. The zero-order valence-electron chi connectivity index (χ0n) is 19.4. The Kier molecular flexibility index (Phi) is 6.16. The molecule has 2 heterocycles. The third-order valence-corrected chi connectivity index (χ3v) is 7.55. The molecule has 0 bridgehead atoms. The molecular weight excluding hydrogens is 524 g/mol. The molecule has 9 heteroatoms. The Balaban J connectivity index is 1.29. The van der Waals surface area contributed by atoms with E-state index >= 15 is 0 Å². The lowest BCUT2D eigenvalue weighted by Gasteiger charge is -2.14. The summed E-state index contributed by atoms with van der Waals surface area (Å²) in [6, 6.07) is 17.7. The van der Waals surface area contributed by atoms with Crippen LogP contribution in [0.4, 0.5) is 13.2 Å². The van der Waals surface area contributed by atoms with Gasteiger partial charge in [0.15, 0.2) is 5.69 Å². The predicted molar refractivity (Wildman–Crippen MR) is 134 cm³/mol. The van der Waals surface area contributed by atoms with E-state index in [-0.39, 0.29) is 35.8 Å². The second kappa shape index (κ2) is 9.37. The summed E-state index contributed by atoms with van der Waals surface area (Å²) in [6.07, 6.45) is -2.08. The van der Waals surface area contributed by atoms with Gasteiger partial charge in [0.2, 0.25) is 5.88 Å². The lowest BCUT2D eigenvalue weighted by molar-refractivity contribution is -0.142. The third kappa shape index (κ3) is 4.82. The molecular formula is C28H21Cl2F3N2O2. The Labute approximate surface area is 221 Å². The third-order valence-electron chi connectivity index (χ3n) is 6.92. The summed E-state index contributed by atoms with van der Waals surface area (Å²) < 4.78 is 53.6. The quantitative estimate of drug-likeness (QED) is 0.233. The van der Waals surface area contributed by atoms with Crippen molar-refractivity contribution in [2.24, 2.45) is 0 Å². The molecule has 2 unspecified atom stereocenters. The number of hydrogen-bond donors (Lipinski definition) is 0. The van der Waals surface area contributed by atoms with Crippen molar-refractivity contribution in [2.45, 2.75) is 49.8 Å². The van der Waals surface area contributed by atoms with E-state index < -0.39 is 11.9 Å². The van der Waals surface area contributed by atoms with Crippen LogP contribution in [0.25, 0.3) is 11.3 Å². The highest BCUT2D eigenvalue weighted by molar-refractivity contribution is 6.39. The minimum atomic E-state index is -4.61. The number of aromatic nitrogens is 2. The second-order valence-electron chi connectivity index (χ2n) is 9.48. The maximum Gasteiger partial charge on any atom is 0.433 e. The van der Waals surface area contributed by atoms with E-state index in [1.54, 1.807) is 18.2 Å². The number of alkyl halides is 3. The first-order valence-electron chi connectivity index (χ1n) is 12.0. The minimum absolute atomic E-state index is 0.0527. The van der Waals surface area contributed by atoms with E-state index in [1.165, 1.54) is 12.1 Å². The molecule has 2 aliphatic rings. The molecule has 37 heavy (non-hydrogen) atoms. The van der Waals surface area contributed by atoms with Crippen LogP contribution in [0.15, 0.2) is 65.2 Å². The molecule has 4 aromatic rings. The molecule has 190 valence electrons. The fraction of sp³-hybridized carbons (Fsp3) is 0.286. The zero-order valence-corrected chi connectivity index (χ0v) is 20.9. The smallest absolute Gasteiger partial charge is 0.433 e. The van der Waals surface area contributed by atoms with Crippen molar-refractivity contribution in [2.75, 3.05) is 0 Å². The number of ether oxygens (including phenoxy) is 1. The molecule has 2 fully saturated rings. The number of rotatable bonds is 7. The van der Waals surface area contributed by atoms with E-state index in [4.69, 9.17) is 32.5 Å². The van der Waals surface area contributed by atoms with E-state index in [1.807, 2.05) is 30.3 Å². The van der Waals surface area contributed by atoms with Crippen molar-refractivity contribution in [1.82, 2.24) is 10.1 Å². The highest BCUT2D eigenvalue weighted by Gasteiger charge is 2.46. The van der Waals surface area contributed by atoms with Crippen LogP contribution in [-0.2, 0) is 12.8 Å². The first kappa shape index (κ1) is 24.3. The molecule has 0 saturated heterocycles. The zero-order chi connectivity index (χ0) is 25.7. The monoisotopic (exact) mass is 544 g/mol. The van der Waals surface area contributed by atoms with Crippen LogP contribution in [0, 0.1) is 0 Å². The Morgan fingerprint density at radius 3 is 2.32 bits per heavy atom. The fourth-order valence-corrected chi connectivity index (χ4v) is 5.44. The van der Waals surface area contributed by atoms with Crippen LogP contribution in [0.1, 0.15) is 65.2 Å². The second-order valence-corrected chi connectivity index (χ2v) is 10.3. The van der Waals surface area contributed by atoms with Gasteiger partial charge in [0.25, 0.3) is 0 Å². The molecule has 2 saturated carbocycles. The van der Waals surface area contributed by atoms with Crippen LogP contribution in [0.2, 0.25) is 10.0 Å². The van der Waals surface area contributed by atoms with Gasteiger partial charge in [-0.05, 0) is 54.4 Å². The summed E-state index contributed by atoms with van der Waals surface area (Å²) in [5.41, 5.74) is 1.86. The van der Waals surface area contributed by atoms with Crippen molar-refractivity contribution < 1.29 is 22.4 Å². The average molecular weight is 545 g/mol. The molecule has 0 amide bonds. The molecule has 4 nitrogen and oxygen atoms in total. The maximum absolute atomic E-state index is 14.0. The Bertz CT molecular complexity index is 1430. The van der Waals surface area contributed by atoms with Crippen LogP contribution >= 0.6 is 23.2 Å². The van der Waals surface area contributed by atoms with Gasteiger partial charge in [-0.3, -0.25) is 0 Å². The molecule has 0 aliphatic heterocycles. The van der Waals surface area contributed by atoms with E-state index in [9.17, 15) is 13.2 Å². The fourth-order valence-electron chi connectivity index (χ4n) is 4.86. The summed E-state index contributed by atoms with van der Waals surface area (Å²) in [5.74, 6) is 0.535. The van der Waals surface area contributed by atoms with Crippen LogP contribution < -0.4 is 4.74 Å². The maximum atomic E-state index is 14.0. The van der Waals surface area contributed by atoms with Gasteiger partial charge in [0.1, 0.15) is 18.1 Å². The van der Waals surface area contributed by atoms with Crippen LogP contribution in [-0.4, -0.2) is 10.1 Å². The van der Waals surface area contributed by atoms with Gasteiger partial charge in [-0.15, -0.1) is 0 Å². The largest absolute Gasteiger partial charge is 0.473 e. The molecule has 0 spiro atoms. The minimum Gasteiger partial charge on any atom is -0.473 e. The van der Waals surface area contributed by atoms with Crippen molar-refractivity contribution in [3.05, 3.63) is 98.9 Å². The van der Waals surface area contributed by atoms with Gasteiger partial charge in [0.05, 0.1) is 15.6 Å². The van der Waals surface area contributed by atoms with Gasteiger partial charge >= 0.3 is 6.18 Å². The van der Waals surface area contributed by atoms with Crippen molar-refractivity contribution >= 4 is 23.2 Å². The van der Waals surface area contributed by atoms with E-state index in [2.05, 4.69) is 10.1 Å². The summed E-state index contributed by atoms with van der Waals surface area (Å²) in [7, 11) is 0. The summed E-state index contributed by atoms with van der Waals surface area (Å²) in [5, 5.41) is 4.98. The number of pyridine rings is 1. The summed E-state index contributed by atoms with van der Waals surface area (Å²) >= 11 is 12.8. The standard InChI is InChI=1S/C28H21Cl2F3N2O2/c29-21-7-4-8-22(30)24(21)25-20(26(37-35-25)16-9-10-16)14-36-23-12-11-17(27(34-23)28(31,32)33)19-13-18(19)15-5-2-1-3-6-15/h1-8,11-12,16,18-19H,9-10,13-14H2. The van der Waals surface area contributed by atoms with E-state index in [0.717, 1.165) is 18.4 Å². The number of benzene rings is 2. The molecule has 0 radical (unpaired) electrons. The Morgan fingerprint density at radius 2 is 1.65 bits per heavy atom. The first-order chi connectivity index (χ1) is 17.8. The lowest BCUT2D eigenvalue weighted by Crippen LogP contribution is -2.13. The summed E-state index contributed by atoms with van der Waals surface area (Å²) in [4.78, 5) is 3.91. The van der Waals surface area contributed by atoms with Crippen molar-refractivity contribution in [3.8, 4) is 17.1 Å². The van der Waals surface area contributed by atoms with Crippen LogP contribution in [0.3, 0.4) is 0 Å². The topological polar surface area (TPSA) is 48.2 Å². The SMILES string of the molecule is FC(F)(F)c1nc(OCc2c(-c3c(Cl)cccc3Cl)noc2C2CC2)ccc1C1CC1c1ccccc1. The normalized spacial score (nSPS) is 19.2. The number of nitrogens with zero attached hydrogens (tertiary/aromatic N) is 2. The molecule has 0 N–H and O–H groups in total. The number of halogens is 5. The molecule has 2 aromatic heterocycles. The van der Waals surface area contributed by atoms with Crippen molar-refractivity contribution in [1.29, 1.82) is 0 Å². The first-order valence-corrected chi connectivity index (χ1v) is 12.8. The number of hydrogen-bond acceptors (Lipinski definition) is 4.